The third kappa shape index (κ3) is 5.47. The van der Waals surface area contributed by atoms with E-state index in [0.717, 1.165) is 6.08 Å². The third-order valence-electron chi connectivity index (χ3n) is 3.21. The van der Waals surface area contributed by atoms with Gasteiger partial charge in [0.05, 0.1) is 19.8 Å². The minimum absolute atomic E-state index is 0.295. The van der Waals surface area contributed by atoms with Gasteiger partial charge in [-0.05, 0) is 17.7 Å². The second-order valence-corrected chi connectivity index (χ2v) is 4.76. The monoisotopic (exact) mass is 344 g/mol. The molecule has 0 spiro atoms. The van der Waals surface area contributed by atoms with E-state index in [4.69, 9.17) is 14.6 Å². The number of hydrogen-bond acceptors (Lipinski definition) is 5. The number of aliphatic hydroxyl groups excluding tert-OH is 1. The smallest absolute Gasteiger partial charge is 0.327 e. The van der Waals surface area contributed by atoms with Gasteiger partial charge in [-0.15, -0.1) is 0 Å². The molecule has 2 aromatic rings. The second-order valence-electron chi connectivity index (χ2n) is 4.76. The number of ketones is 1. The van der Waals surface area contributed by atoms with E-state index in [1.54, 1.807) is 42.5 Å². The quantitative estimate of drug-likeness (QED) is 0.618. The fraction of sp³-hybridized carbons (Fsp3) is 0.158. The molecule has 1 unspecified atom stereocenters. The molecule has 25 heavy (non-hydrogen) atoms. The molecule has 0 amide bonds. The van der Waals surface area contributed by atoms with Crippen LogP contribution < -0.4 is 9.47 Å². The zero-order valence-corrected chi connectivity index (χ0v) is 14.0. The first-order valence-electron chi connectivity index (χ1n) is 7.29. The largest absolute Gasteiger partial charge is 0.493 e. The van der Waals surface area contributed by atoms with Crippen LogP contribution in [0.3, 0.4) is 0 Å². The molecule has 132 valence electrons. The lowest BCUT2D eigenvalue weighted by Crippen LogP contribution is -2.13. The summed E-state index contributed by atoms with van der Waals surface area (Å²) in [5, 5.41) is 17.8. The van der Waals surface area contributed by atoms with E-state index in [9.17, 15) is 14.7 Å². The highest BCUT2D eigenvalue weighted by molar-refractivity contribution is 6.02. The van der Waals surface area contributed by atoms with E-state index in [-0.39, 0.29) is 0 Å². The summed E-state index contributed by atoms with van der Waals surface area (Å²) in [6.45, 7) is 2.96. The van der Waals surface area contributed by atoms with Crippen LogP contribution in [0.5, 0.6) is 11.5 Å². The molecule has 6 nitrogen and oxygen atoms in total. The van der Waals surface area contributed by atoms with Crippen LogP contribution >= 0.6 is 0 Å². The molecule has 2 rings (SSSR count). The summed E-state index contributed by atoms with van der Waals surface area (Å²) in [6.07, 6.45) is -0.391. The molecule has 2 N–H and O–H groups in total. The number of rotatable bonds is 6. The van der Waals surface area contributed by atoms with Crippen molar-refractivity contribution in [2.75, 3.05) is 14.2 Å². The molecule has 0 fully saturated rings. The number of carboxylic acid groups (broad SMARTS) is 1. The van der Waals surface area contributed by atoms with Crippen molar-refractivity contribution in [1.29, 1.82) is 0 Å². The van der Waals surface area contributed by atoms with Gasteiger partial charge in [0.25, 0.3) is 0 Å². The second kappa shape index (κ2) is 9.89. The first kappa shape index (κ1) is 19.9. The van der Waals surface area contributed by atoms with Crippen LogP contribution in [0.15, 0.2) is 61.2 Å². The first-order chi connectivity index (χ1) is 12.0. The predicted octanol–water partition coefficient (Wildman–Crippen LogP) is 2.88. The van der Waals surface area contributed by atoms with Crippen LogP contribution in [0.4, 0.5) is 0 Å². The number of carboxylic acids is 1. The molecule has 0 saturated carbocycles. The molecule has 0 heterocycles. The molecule has 0 bridgehead atoms. The number of methoxy groups -OCH3 is 2. The van der Waals surface area contributed by atoms with Crippen molar-refractivity contribution >= 4 is 11.8 Å². The number of carbonyl (C=O) groups excluding carboxylic acids is 1. The average Bonchev–Trinajstić information content (AvgIpc) is 2.67. The number of aliphatic carboxylic acids is 1. The minimum Gasteiger partial charge on any atom is -0.493 e. The van der Waals surface area contributed by atoms with Gasteiger partial charge in [-0.25, -0.2) is 4.79 Å². The maximum atomic E-state index is 12.4. The molecule has 0 aliphatic carbocycles. The van der Waals surface area contributed by atoms with E-state index < -0.39 is 17.9 Å². The molecule has 0 aromatic heterocycles. The molecule has 6 heteroatoms. The maximum Gasteiger partial charge on any atom is 0.327 e. The molecule has 0 aliphatic heterocycles. The lowest BCUT2D eigenvalue weighted by atomic mass is 9.99. The summed E-state index contributed by atoms with van der Waals surface area (Å²) in [6, 6.07) is 13.8. The summed E-state index contributed by atoms with van der Waals surface area (Å²) in [5.41, 5.74) is 0.838. The lowest BCUT2D eigenvalue weighted by Gasteiger charge is -2.14. The fourth-order valence-corrected chi connectivity index (χ4v) is 2.02. The van der Waals surface area contributed by atoms with Gasteiger partial charge in [-0.1, -0.05) is 43.0 Å². The van der Waals surface area contributed by atoms with Crippen LogP contribution in [-0.2, 0) is 4.79 Å². The standard InChI is InChI=1S/C16H16O4.C3H4O2/c1-19-13-10-6-9-12(16(13)20-2)15(18)14(17)11-7-4-3-5-8-11;1-2-3(4)5/h3-10,14,17H,1-2H3;2H,1H2,(H,4,5). The highest BCUT2D eigenvalue weighted by atomic mass is 16.5. The first-order valence-corrected chi connectivity index (χ1v) is 7.29. The summed E-state index contributed by atoms with van der Waals surface area (Å²) >= 11 is 0. The third-order valence-corrected chi connectivity index (χ3v) is 3.21. The van der Waals surface area contributed by atoms with Gasteiger partial charge in [-0.2, -0.15) is 0 Å². The number of benzene rings is 2. The molecule has 0 aliphatic rings. The summed E-state index contributed by atoms with van der Waals surface area (Å²) in [7, 11) is 2.96. The molecule has 0 radical (unpaired) electrons. The van der Waals surface area contributed by atoms with Crippen molar-refractivity contribution < 1.29 is 29.3 Å². The number of hydrogen-bond donors (Lipinski definition) is 2. The Hall–Kier alpha value is -3.12. The Kier molecular flexibility index (Phi) is 7.89. The Morgan fingerprint density at radius 1 is 1.04 bits per heavy atom. The number of para-hydroxylation sites is 1. The normalized spacial score (nSPS) is 10.7. The van der Waals surface area contributed by atoms with Crippen molar-refractivity contribution in [3.05, 3.63) is 72.3 Å². The van der Waals surface area contributed by atoms with Gasteiger partial charge in [-0.3, -0.25) is 4.79 Å². The van der Waals surface area contributed by atoms with Crippen molar-refractivity contribution in [3.8, 4) is 11.5 Å². The van der Waals surface area contributed by atoms with Gasteiger partial charge < -0.3 is 19.7 Å². The van der Waals surface area contributed by atoms with Gasteiger partial charge in [0.1, 0.15) is 6.10 Å². The minimum atomic E-state index is -1.22. The fourth-order valence-electron chi connectivity index (χ4n) is 2.02. The van der Waals surface area contributed by atoms with Gasteiger partial charge in [0.15, 0.2) is 17.3 Å². The Bertz CT molecular complexity index is 724. The summed E-state index contributed by atoms with van der Waals surface area (Å²) in [4.78, 5) is 21.7. The van der Waals surface area contributed by atoms with Crippen molar-refractivity contribution in [1.82, 2.24) is 0 Å². The van der Waals surface area contributed by atoms with E-state index in [1.165, 1.54) is 14.2 Å². The van der Waals surface area contributed by atoms with E-state index >= 15 is 0 Å². The van der Waals surface area contributed by atoms with Gasteiger partial charge in [0, 0.05) is 6.08 Å². The predicted molar refractivity (Wildman–Crippen MR) is 93.1 cm³/mol. The highest BCUT2D eigenvalue weighted by Gasteiger charge is 2.24. The molecule has 0 saturated heterocycles. The van der Waals surface area contributed by atoms with Crippen molar-refractivity contribution in [2.24, 2.45) is 0 Å². The highest BCUT2D eigenvalue weighted by Crippen LogP contribution is 2.33. The number of aliphatic hydroxyl groups is 1. The maximum absolute atomic E-state index is 12.4. The lowest BCUT2D eigenvalue weighted by molar-refractivity contribution is -0.131. The Morgan fingerprint density at radius 2 is 1.64 bits per heavy atom. The topological polar surface area (TPSA) is 93.1 Å². The molecule has 2 aromatic carbocycles. The molecular weight excluding hydrogens is 324 g/mol. The zero-order valence-electron chi connectivity index (χ0n) is 14.0. The van der Waals surface area contributed by atoms with Crippen molar-refractivity contribution in [2.45, 2.75) is 6.10 Å². The van der Waals surface area contributed by atoms with Gasteiger partial charge in [0.2, 0.25) is 0 Å². The number of Topliss-reactive ketones (excluding diaryl/α,β-unsaturated/α-hetero) is 1. The van der Waals surface area contributed by atoms with E-state index in [1.807, 2.05) is 6.07 Å². The Balaban J connectivity index is 0.000000550. The SMILES string of the molecule is C=CC(=O)O.COc1cccc(C(=O)C(O)c2ccccc2)c1OC. The van der Waals surface area contributed by atoms with E-state index in [2.05, 4.69) is 6.58 Å². The van der Waals surface area contributed by atoms with Crippen LogP contribution in [0.1, 0.15) is 22.0 Å². The average molecular weight is 344 g/mol. The van der Waals surface area contributed by atoms with Crippen LogP contribution in [0, 0.1) is 0 Å². The van der Waals surface area contributed by atoms with E-state index in [0.29, 0.717) is 22.6 Å². The number of ether oxygens (including phenoxy) is 2. The summed E-state index contributed by atoms with van der Waals surface area (Å²) < 4.78 is 10.4. The number of carbonyl (C=O) groups is 2. The molecule has 1 atom stereocenters. The Morgan fingerprint density at radius 3 is 2.12 bits per heavy atom. The van der Waals surface area contributed by atoms with Crippen LogP contribution in [0.25, 0.3) is 0 Å². The zero-order chi connectivity index (χ0) is 18.8. The Labute approximate surface area is 145 Å². The van der Waals surface area contributed by atoms with Crippen LogP contribution in [0.2, 0.25) is 0 Å². The van der Waals surface area contributed by atoms with Gasteiger partial charge >= 0.3 is 5.97 Å². The van der Waals surface area contributed by atoms with Crippen LogP contribution in [-0.4, -0.2) is 36.2 Å². The summed E-state index contributed by atoms with van der Waals surface area (Å²) in [5.74, 6) is -0.620. The molecular formula is C19H20O6. The van der Waals surface area contributed by atoms with Crippen molar-refractivity contribution in [3.63, 3.8) is 0 Å².